The lowest BCUT2D eigenvalue weighted by Gasteiger charge is -2.38. The van der Waals surface area contributed by atoms with Crippen molar-refractivity contribution in [1.82, 2.24) is 14.8 Å². The first kappa shape index (κ1) is 30.4. The van der Waals surface area contributed by atoms with Crippen LogP contribution in [0.3, 0.4) is 0 Å². The first-order valence-electron chi connectivity index (χ1n) is 16.3. The summed E-state index contributed by atoms with van der Waals surface area (Å²) in [5.41, 5.74) is 7.01. The zero-order valence-electron chi connectivity index (χ0n) is 26.7. The summed E-state index contributed by atoms with van der Waals surface area (Å²) >= 11 is 0. The highest BCUT2D eigenvalue weighted by atomic mass is 15.4. The van der Waals surface area contributed by atoms with Gasteiger partial charge in [0, 0.05) is 11.3 Å². The van der Waals surface area contributed by atoms with E-state index in [9.17, 15) is 5.26 Å². The Hall–Kier alpha value is -6.25. The van der Waals surface area contributed by atoms with Crippen molar-refractivity contribution >= 4 is 5.69 Å². The molecule has 0 spiro atoms. The highest BCUT2D eigenvalue weighted by molar-refractivity contribution is 5.58. The Bertz CT molecular complexity index is 2040. The van der Waals surface area contributed by atoms with Crippen LogP contribution in [0.1, 0.15) is 52.2 Å². The van der Waals surface area contributed by atoms with E-state index >= 15 is 0 Å². The number of hydrogen-bond donors (Lipinski definition) is 1. The third kappa shape index (κ3) is 5.77. The van der Waals surface area contributed by atoms with Gasteiger partial charge in [0.15, 0.2) is 11.6 Å². The van der Waals surface area contributed by atoms with Crippen LogP contribution in [0.25, 0.3) is 11.4 Å². The van der Waals surface area contributed by atoms with Gasteiger partial charge in [-0.1, -0.05) is 153 Å². The van der Waals surface area contributed by atoms with Gasteiger partial charge in [0.05, 0.1) is 11.6 Å². The second kappa shape index (κ2) is 13.6. The van der Waals surface area contributed by atoms with Gasteiger partial charge in [0.1, 0.15) is 11.6 Å². The van der Waals surface area contributed by atoms with Crippen LogP contribution in [0, 0.1) is 11.3 Å². The minimum atomic E-state index is -0.883. The molecule has 7 rings (SSSR count). The van der Waals surface area contributed by atoms with Crippen LogP contribution in [0.2, 0.25) is 0 Å². The molecule has 0 bridgehead atoms. The summed E-state index contributed by atoms with van der Waals surface area (Å²) in [5, 5.41) is 18.8. The molecule has 5 nitrogen and oxygen atoms in total. The number of nitrogens with one attached hydrogen (secondary N) is 1. The number of benzene rings is 6. The second-order valence-corrected chi connectivity index (χ2v) is 11.7. The summed E-state index contributed by atoms with van der Waals surface area (Å²) in [6, 6.07) is 59.9. The number of rotatable bonds is 10. The van der Waals surface area contributed by atoms with Crippen LogP contribution in [0.5, 0.6) is 0 Å². The van der Waals surface area contributed by atoms with Crippen LogP contribution in [0.4, 0.5) is 5.69 Å². The second-order valence-electron chi connectivity index (χ2n) is 11.7. The predicted molar refractivity (Wildman–Crippen MR) is 193 cm³/mol. The average molecular weight is 622 g/mol. The van der Waals surface area contributed by atoms with Crippen molar-refractivity contribution in [2.75, 3.05) is 5.32 Å². The van der Waals surface area contributed by atoms with Crippen LogP contribution in [0.15, 0.2) is 170 Å². The fraction of sp³-hybridized carbons (Fsp3) is 0.0930. The number of nitrogens with zero attached hydrogens (tertiary/aromatic N) is 4. The lowest BCUT2D eigenvalue weighted by Crippen LogP contribution is -2.41. The van der Waals surface area contributed by atoms with Gasteiger partial charge >= 0.3 is 0 Å². The van der Waals surface area contributed by atoms with Crippen molar-refractivity contribution < 1.29 is 0 Å². The molecule has 1 atom stereocenters. The molecule has 1 N–H and O–H groups in total. The highest BCUT2D eigenvalue weighted by Gasteiger charge is 2.43. The summed E-state index contributed by atoms with van der Waals surface area (Å²) in [5.74, 6) is 1.39. The van der Waals surface area contributed by atoms with E-state index in [-0.39, 0.29) is 0 Å². The molecule has 232 valence electrons. The van der Waals surface area contributed by atoms with E-state index < -0.39 is 11.6 Å². The van der Waals surface area contributed by atoms with Gasteiger partial charge in [0.25, 0.3) is 0 Å². The van der Waals surface area contributed by atoms with Gasteiger partial charge in [-0.2, -0.15) is 5.26 Å². The molecule has 0 saturated carbocycles. The molecule has 0 amide bonds. The van der Waals surface area contributed by atoms with E-state index in [0.29, 0.717) is 11.4 Å². The Balaban J connectivity index is 1.58. The molecule has 1 aromatic heterocycles. The maximum absolute atomic E-state index is 9.49. The van der Waals surface area contributed by atoms with E-state index in [1.165, 1.54) is 5.56 Å². The van der Waals surface area contributed by atoms with Gasteiger partial charge in [0.2, 0.25) is 0 Å². The van der Waals surface area contributed by atoms with E-state index in [1.54, 1.807) is 0 Å². The topological polar surface area (TPSA) is 66.5 Å². The van der Waals surface area contributed by atoms with Gasteiger partial charge in [-0.3, -0.25) is 0 Å². The van der Waals surface area contributed by atoms with Gasteiger partial charge in [-0.15, -0.1) is 5.10 Å². The molecular weight excluding hydrogens is 587 g/mol. The fourth-order valence-electron chi connectivity index (χ4n) is 6.47. The molecule has 0 aliphatic rings. The molecule has 5 heteroatoms. The molecule has 6 aromatic carbocycles. The standard InChI is InChI=1S/C43H35N5/c1-2-32-16-15-19-35(30-32)40(45-39-28-26-33(31-44)27-29-39)42-46-41(34-17-7-3-8-18-34)47-48(42)43(36-20-9-4-10-21-36,37-22-11-5-12-23-37)38-24-13-6-14-25-38/h3-30,40,45H,2H2,1H3. The maximum atomic E-state index is 9.49. The lowest BCUT2D eigenvalue weighted by atomic mass is 9.77. The Kier molecular flexibility index (Phi) is 8.63. The summed E-state index contributed by atoms with van der Waals surface area (Å²) in [4.78, 5) is 5.42. The predicted octanol–water partition coefficient (Wildman–Crippen LogP) is 9.42. The molecule has 0 radical (unpaired) electrons. The zero-order valence-corrected chi connectivity index (χ0v) is 26.7. The monoisotopic (exact) mass is 621 g/mol. The first-order valence-corrected chi connectivity index (χ1v) is 16.3. The summed E-state index contributed by atoms with van der Waals surface area (Å²) < 4.78 is 2.13. The highest BCUT2D eigenvalue weighted by Crippen LogP contribution is 2.43. The number of hydrogen-bond acceptors (Lipinski definition) is 4. The molecule has 1 unspecified atom stereocenters. The van der Waals surface area contributed by atoms with Crippen molar-refractivity contribution in [2.45, 2.75) is 24.9 Å². The maximum Gasteiger partial charge on any atom is 0.181 e. The third-order valence-electron chi connectivity index (χ3n) is 8.83. The van der Waals surface area contributed by atoms with Crippen molar-refractivity contribution in [3.05, 3.63) is 209 Å². The first-order chi connectivity index (χ1) is 23.7. The number of nitriles is 1. The molecule has 0 aliphatic carbocycles. The van der Waals surface area contributed by atoms with Crippen molar-refractivity contribution in [3.8, 4) is 17.5 Å². The minimum Gasteiger partial charge on any atom is -0.371 e. The quantitative estimate of drug-likeness (QED) is 0.155. The number of aromatic nitrogens is 3. The largest absolute Gasteiger partial charge is 0.371 e. The van der Waals surface area contributed by atoms with Gasteiger partial charge in [-0.05, 0) is 58.5 Å². The van der Waals surface area contributed by atoms with Crippen molar-refractivity contribution in [3.63, 3.8) is 0 Å². The van der Waals surface area contributed by atoms with Crippen LogP contribution < -0.4 is 5.32 Å². The van der Waals surface area contributed by atoms with Gasteiger partial charge in [-0.25, -0.2) is 9.67 Å². The lowest BCUT2D eigenvalue weighted by molar-refractivity contribution is 0.436. The van der Waals surface area contributed by atoms with Gasteiger partial charge < -0.3 is 5.32 Å². The van der Waals surface area contributed by atoms with Crippen LogP contribution in [-0.4, -0.2) is 14.8 Å². The van der Waals surface area contributed by atoms with Crippen LogP contribution >= 0.6 is 0 Å². The van der Waals surface area contributed by atoms with Crippen molar-refractivity contribution in [1.29, 1.82) is 5.26 Å². The van der Waals surface area contributed by atoms with E-state index in [1.807, 2.05) is 60.7 Å². The molecular formula is C43H35N5. The van der Waals surface area contributed by atoms with E-state index in [4.69, 9.17) is 10.1 Å². The third-order valence-corrected chi connectivity index (χ3v) is 8.83. The normalized spacial score (nSPS) is 11.8. The number of aryl methyl sites for hydroxylation is 1. The van der Waals surface area contributed by atoms with Crippen molar-refractivity contribution in [2.24, 2.45) is 0 Å². The minimum absolute atomic E-state index is 0.398. The SMILES string of the molecule is CCc1cccc(C(Nc2ccc(C#N)cc2)c2nc(-c3ccccc3)nn2C(c2ccccc2)(c2ccccc2)c2ccccc2)c1. The summed E-state index contributed by atoms with van der Waals surface area (Å²) in [7, 11) is 0. The summed E-state index contributed by atoms with van der Waals surface area (Å²) in [6.45, 7) is 2.17. The fourth-order valence-corrected chi connectivity index (χ4v) is 6.47. The Morgan fingerprint density at radius 1 is 0.667 bits per heavy atom. The molecule has 7 aromatic rings. The molecule has 1 heterocycles. The number of anilines is 1. The Labute approximate surface area is 281 Å². The van der Waals surface area contributed by atoms with Crippen LogP contribution in [-0.2, 0) is 12.0 Å². The average Bonchev–Trinajstić information content (AvgIpc) is 3.61. The molecule has 0 aliphatic heterocycles. The smallest absolute Gasteiger partial charge is 0.181 e. The van der Waals surface area contributed by atoms with E-state index in [0.717, 1.165) is 45.7 Å². The Morgan fingerprint density at radius 3 is 1.73 bits per heavy atom. The zero-order chi connectivity index (χ0) is 32.8. The summed E-state index contributed by atoms with van der Waals surface area (Å²) in [6.07, 6.45) is 0.904. The van der Waals surface area contributed by atoms with E-state index in [2.05, 4.69) is 132 Å². The molecule has 0 saturated heterocycles. The molecule has 48 heavy (non-hydrogen) atoms. The molecule has 0 fully saturated rings. The Morgan fingerprint density at radius 2 is 1.21 bits per heavy atom.